The summed E-state index contributed by atoms with van der Waals surface area (Å²) in [7, 11) is 0. The number of likely N-dealkylation sites (tertiary alicyclic amines) is 1. The fourth-order valence-corrected chi connectivity index (χ4v) is 3.38. The first-order chi connectivity index (χ1) is 11.1. The minimum atomic E-state index is -0.229. The Balaban J connectivity index is 1.58. The van der Waals surface area contributed by atoms with Gasteiger partial charge in [0.2, 0.25) is 11.8 Å². The van der Waals surface area contributed by atoms with Crippen LogP contribution in [0, 0.1) is 11.7 Å². The molecule has 2 amide bonds. The molecule has 2 aliphatic rings. The molecule has 2 heterocycles. The number of carbonyl (C=O) groups is 2. The molecule has 0 aromatic heterocycles. The van der Waals surface area contributed by atoms with E-state index in [2.05, 4.69) is 0 Å². The molecule has 2 fully saturated rings. The number of hydrogen-bond donors (Lipinski definition) is 0. The van der Waals surface area contributed by atoms with Gasteiger partial charge >= 0.3 is 0 Å². The molecule has 2 aliphatic heterocycles. The van der Waals surface area contributed by atoms with Crippen LogP contribution in [-0.2, 0) is 9.59 Å². The first-order valence-electron chi connectivity index (χ1n) is 8.16. The van der Waals surface area contributed by atoms with Gasteiger partial charge in [0.05, 0.1) is 11.6 Å². The van der Waals surface area contributed by atoms with Crippen molar-refractivity contribution in [3.8, 4) is 0 Å². The standard InChI is InChI=1S/C17H22FN3O2/c1-2-19-12-13(11-16(19)22)17(23)21-9-7-20(8-10-21)15-6-4-3-5-14(15)18/h3-6,13H,2,7-12H2,1H3/t13-/m0/s1. The smallest absolute Gasteiger partial charge is 0.228 e. The highest BCUT2D eigenvalue weighted by molar-refractivity contribution is 5.89. The molecule has 0 radical (unpaired) electrons. The third-order valence-corrected chi connectivity index (χ3v) is 4.73. The largest absolute Gasteiger partial charge is 0.366 e. The average Bonchev–Trinajstić information content (AvgIpc) is 2.96. The molecule has 23 heavy (non-hydrogen) atoms. The number of piperazine rings is 1. The highest BCUT2D eigenvalue weighted by Gasteiger charge is 2.36. The lowest BCUT2D eigenvalue weighted by molar-refractivity contribution is -0.136. The first kappa shape index (κ1) is 15.8. The number of hydrogen-bond acceptors (Lipinski definition) is 3. The highest BCUT2D eigenvalue weighted by atomic mass is 19.1. The number of anilines is 1. The third-order valence-electron chi connectivity index (χ3n) is 4.73. The van der Waals surface area contributed by atoms with E-state index in [0.29, 0.717) is 51.4 Å². The molecule has 0 bridgehead atoms. The highest BCUT2D eigenvalue weighted by Crippen LogP contribution is 2.23. The number of benzene rings is 1. The molecule has 0 spiro atoms. The Bertz CT molecular complexity index is 599. The maximum atomic E-state index is 13.8. The third kappa shape index (κ3) is 3.16. The van der Waals surface area contributed by atoms with Crippen LogP contribution in [0.2, 0.25) is 0 Å². The second-order valence-corrected chi connectivity index (χ2v) is 6.10. The number of rotatable bonds is 3. The van der Waals surface area contributed by atoms with E-state index in [1.165, 1.54) is 6.07 Å². The van der Waals surface area contributed by atoms with E-state index in [9.17, 15) is 14.0 Å². The normalized spacial score (nSPS) is 21.9. The summed E-state index contributed by atoms with van der Waals surface area (Å²) in [5, 5.41) is 0. The van der Waals surface area contributed by atoms with E-state index in [4.69, 9.17) is 0 Å². The van der Waals surface area contributed by atoms with Crippen molar-refractivity contribution >= 4 is 17.5 Å². The van der Waals surface area contributed by atoms with Crippen molar-refractivity contribution in [2.75, 3.05) is 44.2 Å². The minimum absolute atomic E-state index is 0.0579. The van der Waals surface area contributed by atoms with Crippen molar-refractivity contribution in [3.63, 3.8) is 0 Å². The summed E-state index contributed by atoms with van der Waals surface area (Å²) in [5.41, 5.74) is 0.591. The Morgan fingerprint density at radius 1 is 1.22 bits per heavy atom. The second-order valence-electron chi connectivity index (χ2n) is 6.10. The van der Waals surface area contributed by atoms with Crippen LogP contribution in [0.5, 0.6) is 0 Å². The molecule has 6 heteroatoms. The van der Waals surface area contributed by atoms with Gasteiger partial charge in [0, 0.05) is 45.7 Å². The van der Waals surface area contributed by atoms with Crippen molar-refractivity contribution in [3.05, 3.63) is 30.1 Å². The van der Waals surface area contributed by atoms with Crippen LogP contribution in [-0.4, -0.2) is 60.9 Å². The molecule has 1 atom stereocenters. The van der Waals surface area contributed by atoms with Gasteiger partial charge in [-0.2, -0.15) is 0 Å². The van der Waals surface area contributed by atoms with Crippen LogP contribution in [0.3, 0.4) is 0 Å². The summed E-state index contributed by atoms with van der Waals surface area (Å²) in [6, 6.07) is 6.71. The topological polar surface area (TPSA) is 43.9 Å². The van der Waals surface area contributed by atoms with Crippen LogP contribution in [0.15, 0.2) is 24.3 Å². The number of amides is 2. The summed E-state index contributed by atoms with van der Waals surface area (Å²) in [6.45, 7) is 5.49. The summed E-state index contributed by atoms with van der Waals surface area (Å²) >= 11 is 0. The Hall–Kier alpha value is -2.11. The van der Waals surface area contributed by atoms with E-state index >= 15 is 0 Å². The Kier molecular flexibility index (Phi) is 4.50. The van der Waals surface area contributed by atoms with Crippen molar-refractivity contribution in [1.29, 1.82) is 0 Å². The monoisotopic (exact) mass is 319 g/mol. The molecule has 0 aliphatic carbocycles. The van der Waals surface area contributed by atoms with Gasteiger partial charge in [0.1, 0.15) is 5.82 Å². The number of carbonyl (C=O) groups excluding carboxylic acids is 2. The van der Waals surface area contributed by atoms with Crippen molar-refractivity contribution < 1.29 is 14.0 Å². The molecule has 0 N–H and O–H groups in total. The molecule has 5 nitrogen and oxygen atoms in total. The average molecular weight is 319 g/mol. The first-order valence-corrected chi connectivity index (χ1v) is 8.16. The van der Waals surface area contributed by atoms with Gasteiger partial charge in [-0.1, -0.05) is 12.1 Å². The van der Waals surface area contributed by atoms with Gasteiger partial charge in [0.15, 0.2) is 0 Å². The van der Waals surface area contributed by atoms with Gasteiger partial charge in [-0.3, -0.25) is 9.59 Å². The van der Waals surface area contributed by atoms with Gasteiger partial charge in [-0.25, -0.2) is 4.39 Å². The quantitative estimate of drug-likeness (QED) is 0.844. The Morgan fingerprint density at radius 2 is 1.91 bits per heavy atom. The predicted molar refractivity (Wildman–Crippen MR) is 85.6 cm³/mol. The lowest BCUT2D eigenvalue weighted by atomic mass is 10.1. The van der Waals surface area contributed by atoms with Gasteiger partial charge < -0.3 is 14.7 Å². The molecular weight excluding hydrogens is 297 g/mol. The van der Waals surface area contributed by atoms with E-state index < -0.39 is 0 Å². The molecule has 1 aromatic rings. The van der Waals surface area contributed by atoms with Gasteiger partial charge in [0.25, 0.3) is 0 Å². The molecule has 0 saturated carbocycles. The van der Waals surface area contributed by atoms with Crippen LogP contribution in [0.1, 0.15) is 13.3 Å². The SMILES string of the molecule is CCN1C[C@@H](C(=O)N2CCN(c3ccccc3F)CC2)CC1=O. The maximum absolute atomic E-state index is 13.8. The lowest BCUT2D eigenvalue weighted by Gasteiger charge is -2.37. The van der Waals surface area contributed by atoms with Crippen molar-refractivity contribution in [2.45, 2.75) is 13.3 Å². The van der Waals surface area contributed by atoms with Crippen LogP contribution in [0.4, 0.5) is 10.1 Å². The zero-order valence-electron chi connectivity index (χ0n) is 13.4. The van der Waals surface area contributed by atoms with Crippen LogP contribution < -0.4 is 4.90 Å². The lowest BCUT2D eigenvalue weighted by Crippen LogP contribution is -2.51. The molecule has 1 aromatic carbocycles. The zero-order valence-corrected chi connectivity index (χ0v) is 13.4. The number of nitrogens with zero attached hydrogens (tertiary/aromatic N) is 3. The fourth-order valence-electron chi connectivity index (χ4n) is 3.38. The molecule has 0 unspecified atom stereocenters. The summed E-state index contributed by atoms with van der Waals surface area (Å²) < 4.78 is 13.8. The molecule has 124 valence electrons. The molecule has 2 saturated heterocycles. The van der Waals surface area contributed by atoms with Crippen LogP contribution >= 0.6 is 0 Å². The molecular formula is C17H22FN3O2. The Morgan fingerprint density at radius 3 is 2.52 bits per heavy atom. The summed E-state index contributed by atoms with van der Waals surface area (Å²) in [4.78, 5) is 29.9. The number of halogens is 1. The molecule has 3 rings (SSSR count). The van der Waals surface area contributed by atoms with Crippen molar-refractivity contribution in [1.82, 2.24) is 9.80 Å². The maximum Gasteiger partial charge on any atom is 0.228 e. The Labute approximate surface area is 135 Å². The van der Waals surface area contributed by atoms with E-state index in [-0.39, 0.29) is 23.5 Å². The number of para-hydroxylation sites is 1. The summed E-state index contributed by atoms with van der Waals surface area (Å²) in [6.07, 6.45) is 0.320. The van der Waals surface area contributed by atoms with E-state index in [1.807, 2.05) is 22.8 Å². The zero-order chi connectivity index (χ0) is 16.4. The van der Waals surface area contributed by atoms with Crippen LogP contribution in [0.25, 0.3) is 0 Å². The van der Waals surface area contributed by atoms with E-state index in [0.717, 1.165) is 0 Å². The fraction of sp³-hybridized carbons (Fsp3) is 0.529. The summed E-state index contributed by atoms with van der Waals surface area (Å²) in [5.74, 6) is -0.326. The predicted octanol–water partition coefficient (Wildman–Crippen LogP) is 1.34. The van der Waals surface area contributed by atoms with Gasteiger partial charge in [-0.15, -0.1) is 0 Å². The van der Waals surface area contributed by atoms with E-state index in [1.54, 1.807) is 17.0 Å². The van der Waals surface area contributed by atoms with Crippen molar-refractivity contribution in [2.24, 2.45) is 5.92 Å². The second kappa shape index (κ2) is 6.56. The minimum Gasteiger partial charge on any atom is -0.366 e. The van der Waals surface area contributed by atoms with Gasteiger partial charge in [-0.05, 0) is 19.1 Å².